The van der Waals surface area contributed by atoms with Crippen molar-refractivity contribution in [2.24, 2.45) is 0 Å². The number of ether oxygens (including phenoxy) is 1. The SMILES string of the molecule is CCCCCC/C=C\C/C=C\CCCCCCCCCC(=O)OCCCCCCCCCCCCCC/C=C\CCCCCCCCCCCCC(=O)NC(CO)C(O)CCCCCCCCCCCCCC. The summed E-state index contributed by atoms with van der Waals surface area (Å²) in [7, 11) is 0. The van der Waals surface area contributed by atoms with Gasteiger partial charge in [-0.3, -0.25) is 9.59 Å². The second-order valence-electron chi connectivity index (χ2n) is 22.4. The molecule has 0 aromatic carbocycles. The summed E-state index contributed by atoms with van der Waals surface area (Å²) in [6.07, 6.45) is 78.8. The zero-order valence-corrected chi connectivity index (χ0v) is 49.1. The van der Waals surface area contributed by atoms with Crippen LogP contribution in [0, 0.1) is 0 Å². The molecule has 0 aromatic rings. The van der Waals surface area contributed by atoms with E-state index in [1.807, 2.05) is 0 Å². The van der Waals surface area contributed by atoms with E-state index in [4.69, 9.17) is 4.74 Å². The number of hydrogen-bond donors (Lipinski definition) is 3. The monoisotopic (exact) mass is 1030 g/mol. The van der Waals surface area contributed by atoms with E-state index in [9.17, 15) is 19.8 Å². The number of aliphatic hydroxyl groups excluding tert-OH is 2. The number of unbranched alkanes of at least 4 members (excludes halogenated alkanes) is 44. The number of rotatable bonds is 61. The first kappa shape index (κ1) is 71.1. The van der Waals surface area contributed by atoms with Crippen molar-refractivity contribution < 1.29 is 24.5 Å². The van der Waals surface area contributed by atoms with Gasteiger partial charge in [0.1, 0.15) is 0 Å². The van der Waals surface area contributed by atoms with E-state index < -0.39 is 12.1 Å². The maximum Gasteiger partial charge on any atom is 0.305 e. The first-order valence-electron chi connectivity index (χ1n) is 32.7. The number of nitrogens with one attached hydrogen (secondary N) is 1. The number of carbonyl (C=O) groups excluding carboxylic acids is 2. The molecule has 0 fully saturated rings. The molecule has 430 valence electrons. The van der Waals surface area contributed by atoms with E-state index in [0.29, 0.717) is 25.9 Å². The van der Waals surface area contributed by atoms with Crippen LogP contribution in [0.1, 0.15) is 354 Å². The topological polar surface area (TPSA) is 95.9 Å². The Balaban J connectivity index is 3.37. The highest BCUT2D eigenvalue weighted by Crippen LogP contribution is 2.18. The molecule has 6 heteroatoms. The lowest BCUT2D eigenvalue weighted by Gasteiger charge is -2.22. The average molecular weight is 1030 g/mol. The van der Waals surface area contributed by atoms with Crippen molar-refractivity contribution in [3.8, 4) is 0 Å². The zero-order valence-electron chi connectivity index (χ0n) is 49.1. The molecule has 0 aromatic heterocycles. The summed E-state index contributed by atoms with van der Waals surface area (Å²) in [5, 5.41) is 23.2. The van der Waals surface area contributed by atoms with Crippen LogP contribution in [0.2, 0.25) is 0 Å². The lowest BCUT2D eigenvalue weighted by molar-refractivity contribution is -0.143. The van der Waals surface area contributed by atoms with Gasteiger partial charge in [0.2, 0.25) is 5.91 Å². The number of amides is 1. The second kappa shape index (κ2) is 62.6. The summed E-state index contributed by atoms with van der Waals surface area (Å²) in [6.45, 7) is 4.94. The molecule has 0 rings (SSSR count). The third kappa shape index (κ3) is 59.2. The van der Waals surface area contributed by atoms with Crippen molar-refractivity contribution in [2.75, 3.05) is 13.2 Å². The van der Waals surface area contributed by atoms with Crippen LogP contribution in [0.25, 0.3) is 0 Å². The van der Waals surface area contributed by atoms with Crippen LogP contribution in [0.4, 0.5) is 0 Å². The van der Waals surface area contributed by atoms with Gasteiger partial charge in [0.25, 0.3) is 0 Å². The highest BCUT2D eigenvalue weighted by molar-refractivity contribution is 5.76. The lowest BCUT2D eigenvalue weighted by atomic mass is 10.0. The summed E-state index contributed by atoms with van der Waals surface area (Å²) in [6, 6.07) is -0.542. The van der Waals surface area contributed by atoms with Crippen molar-refractivity contribution in [2.45, 2.75) is 366 Å². The van der Waals surface area contributed by atoms with Gasteiger partial charge in [-0.15, -0.1) is 0 Å². The van der Waals surface area contributed by atoms with E-state index in [2.05, 4.69) is 55.6 Å². The van der Waals surface area contributed by atoms with Crippen LogP contribution < -0.4 is 5.32 Å². The highest BCUT2D eigenvalue weighted by atomic mass is 16.5. The maximum atomic E-state index is 12.5. The minimum absolute atomic E-state index is 0.00713. The predicted molar refractivity (Wildman–Crippen MR) is 319 cm³/mol. The molecule has 2 atom stereocenters. The van der Waals surface area contributed by atoms with Crippen LogP contribution in [0.15, 0.2) is 36.5 Å². The molecule has 0 saturated heterocycles. The van der Waals surface area contributed by atoms with Gasteiger partial charge in [-0.2, -0.15) is 0 Å². The number of aliphatic hydroxyl groups is 2. The molecule has 3 N–H and O–H groups in total. The summed E-state index contributed by atoms with van der Waals surface area (Å²) >= 11 is 0. The molecular weight excluding hydrogens is 899 g/mol. The Bertz CT molecular complexity index is 1180. The quantitative estimate of drug-likeness (QED) is 0.0320. The van der Waals surface area contributed by atoms with Crippen LogP contribution in [-0.4, -0.2) is 47.4 Å². The summed E-state index contributed by atoms with van der Waals surface area (Å²) in [5.41, 5.74) is 0. The molecule has 73 heavy (non-hydrogen) atoms. The Labute approximate surface area is 455 Å². The normalized spacial score (nSPS) is 12.8. The summed E-state index contributed by atoms with van der Waals surface area (Å²) in [4.78, 5) is 24.6. The zero-order chi connectivity index (χ0) is 52.9. The van der Waals surface area contributed by atoms with Crippen molar-refractivity contribution in [1.82, 2.24) is 5.32 Å². The van der Waals surface area contributed by atoms with Gasteiger partial charge in [0.15, 0.2) is 0 Å². The fourth-order valence-electron chi connectivity index (χ4n) is 10.1. The van der Waals surface area contributed by atoms with Gasteiger partial charge < -0.3 is 20.3 Å². The molecule has 0 aliphatic rings. The smallest absolute Gasteiger partial charge is 0.305 e. The van der Waals surface area contributed by atoms with E-state index in [1.165, 1.54) is 270 Å². The van der Waals surface area contributed by atoms with E-state index in [1.54, 1.807) is 0 Å². The molecule has 0 aliphatic heterocycles. The molecule has 0 bridgehead atoms. The molecule has 0 heterocycles. The molecule has 0 aliphatic carbocycles. The standard InChI is InChI=1S/C67H127NO5/c1-3-5-7-9-11-13-15-17-18-19-31-34-37-41-45-49-53-57-61-67(72)73-62-58-54-50-46-42-38-35-32-29-27-25-23-21-20-22-24-26-28-30-33-36-40-44-48-52-56-60-66(71)68-64(63-69)65(70)59-55-51-47-43-39-16-14-12-10-8-6-4-2/h13,15,18-20,22,64-65,69-70H,3-12,14,16-17,21,23-63H2,1-2H3,(H,68,71)/b15-13-,19-18-,22-20-. The van der Waals surface area contributed by atoms with Gasteiger partial charge in [0, 0.05) is 12.8 Å². The minimum atomic E-state index is -0.664. The Kier molecular flexibility index (Phi) is 61.0. The first-order chi connectivity index (χ1) is 36.0. The number of carbonyl (C=O) groups is 2. The summed E-state index contributed by atoms with van der Waals surface area (Å²) < 4.78 is 5.50. The number of allylic oxidation sites excluding steroid dienone is 6. The fourth-order valence-corrected chi connectivity index (χ4v) is 10.1. The molecule has 0 spiro atoms. The van der Waals surface area contributed by atoms with Gasteiger partial charge in [-0.1, -0.05) is 294 Å². The van der Waals surface area contributed by atoms with Crippen LogP contribution >= 0.6 is 0 Å². The fraction of sp³-hybridized carbons (Fsp3) is 0.881. The largest absolute Gasteiger partial charge is 0.466 e. The summed E-state index contributed by atoms with van der Waals surface area (Å²) in [5.74, 6) is -0.0293. The van der Waals surface area contributed by atoms with Gasteiger partial charge in [-0.05, 0) is 83.5 Å². The van der Waals surface area contributed by atoms with Crippen molar-refractivity contribution in [3.63, 3.8) is 0 Å². The van der Waals surface area contributed by atoms with Gasteiger partial charge >= 0.3 is 5.97 Å². The van der Waals surface area contributed by atoms with Crippen LogP contribution in [0.3, 0.4) is 0 Å². The molecule has 0 saturated carbocycles. The van der Waals surface area contributed by atoms with Gasteiger partial charge in [0.05, 0.1) is 25.4 Å². The third-order valence-corrected chi connectivity index (χ3v) is 15.2. The Morgan fingerprint density at radius 3 is 1.07 bits per heavy atom. The Hall–Kier alpha value is -1.92. The first-order valence-corrected chi connectivity index (χ1v) is 32.7. The lowest BCUT2D eigenvalue weighted by Crippen LogP contribution is -2.45. The van der Waals surface area contributed by atoms with Crippen molar-refractivity contribution in [3.05, 3.63) is 36.5 Å². The third-order valence-electron chi connectivity index (χ3n) is 15.2. The molecule has 1 amide bonds. The predicted octanol–water partition coefficient (Wildman–Crippen LogP) is 20.8. The Morgan fingerprint density at radius 1 is 0.384 bits per heavy atom. The maximum absolute atomic E-state index is 12.5. The van der Waals surface area contributed by atoms with Crippen LogP contribution in [0.5, 0.6) is 0 Å². The van der Waals surface area contributed by atoms with Gasteiger partial charge in [-0.25, -0.2) is 0 Å². The molecule has 0 radical (unpaired) electrons. The van der Waals surface area contributed by atoms with E-state index in [0.717, 1.165) is 51.4 Å². The second-order valence-corrected chi connectivity index (χ2v) is 22.4. The van der Waals surface area contributed by atoms with Crippen molar-refractivity contribution in [1.29, 1.82) is 0 Å². The van der Waals surface area contributed by atoms with E-state index >= 15 is 0 Å². The number of hydrogen-bond acceptors (Lipinski definition) is 5. The average Bonchev–Trinajstić information content (AvgIpc) is 3.39. The molecule has 6 nitrogen and oxygen atoms in total. The Morgan fingerprint density at radius 2 is 0.685 bits per heavy atom. The molecular formula is C67H127NO5. The van der Waals surface area contributed by atoms with Crippen molar-refractivity contribution >= 4 is 11.9 Å². The van der Waals surface area contributed by atoms with Crippen LogP contribution in [-0.2, 0) is 14.3 Å². The molecule has 2 unspecified atom stereocenters. The highest BCUT2D eigenvalue weighted by Gasteiger charge is 2.20. The van der Waals surface area contributed by atoms with E-state index in [-0.39, 0.29) is 18.5 Å². The number of esters is 1. The minimum Gasteiger partial charge on any atom is -0.466 e.